The average Bonchev–Trinajstić information content (AvgIpc) is 3.13. The Morgan fingerprint density at radius 3 is 2.67 bits per heavy atom. The number of aryl methyl sites for hydroxylation is 1. The highest BCUT2D eigenvalue weighted by Gasteiger charge is 2.30. The third-order valence-electron chi connectivity index (χ3n) is 4.60. The molecule has 2 heterocycles. The molecule has 5 nitrogen and oxygen atoms in total. The molecule has 0 radical (unpaired) electrons. The topological polar surface area (TPSA) is 52.2 Å². The molecule has 0 atom stereocenters. The van der Waals surface area contributed by atoms with Crippen LogP contribution in [0.2, 0.25) is 5.02 Å². The zero-order chi connectivity index (χ0) is 21.5. The van der Waals surface area contributed by atoms with Gasteiger partial charge in [-0.1, -0.05) is 48.5 Å². The SMILES string of the molecule is CCCn1c(=O)c2ccc(Cl)cc2n2c(SCc3cccc(C(F)(F)F)c3)nnc12. The van der Waals surface area contributed by atoms with E-state index in [4.69, 9.17) is 11.6 Å². The number of aromatic nitrogens is 4. The summed E-state index contributed by atoms with van der Waals surface area (Å²) in [6, 6.07) is 10.2. The van der Waals surface area contributed by atoms with Gasteiger partial charge in [-0.15, -0.1) is 10.2 Å². The Morgan fingerprint density at radius 2 is 1.93 bits per heavy atom. The maximum atomic E-state index is 13.0. The van der Waals surface area contributed by atoms with Crippen molar-refractivity contribution < 1.29 is 13.2 Å². The predicted octanol–water partition coefficient (Wildman–Crippen LogP) is 5.42. The molecule has 0 unspecified atom stereocenters. The third-order valence-corrected chi connectivity index (χ3v) is 5.84. The first kappa shape index (κ1) is 20.7. The molecule has 4 aromatic rings. The van der Waals surface area contributed by atoms with Crippen molar-refractivity contribution in [2.75, 3.05) is 0 Å². The zero-order valence-corrected chi connectivity index (χ0v) is 17.4. The molecular formula is C20H16ClF3N4OS. The van der Waals surface area contributed by atoms with Gasteiger partial charge in [0.15, 0.2) is 5.16 Å². The standard InChI is InChI=1S/C20H16ClF3N4OS/c1-2-8-27-17(29)15-7-6-14(21)10-16(15)28-18(27)25-26-19(28)30-11-12-4-3-5-13(9-12)20(22,23)24/h3-7,9-10H,2,8,11H2,1H3. The first-order chi connectivity index (χ1) is 14.3. The second-order valence-electron chi connectivity index (χ2n) is 6.72. The fourth-order valence-corrected chi connectivity index (χ4v) is 4.31. The Bertz CT molecular complexity index is 1300. The molecule has 0 spiro atoms. The van der Waals surface area contributed by atoms with Gasteiger partial charge in [0.1, 0.15) is 0 Å². The molecule has 0 N–H and O–H groups in total. The van der Waals surface area contributed by atoms with Gasteiger partial charge in [0, 0.05) is 17.3 Å². The van der Waals surface area contributed by atoms with E-state index in [0.717, 1.165) is 18.6 Å². The highest BCUT2D eigenvalue weighted by Crippen LogP contribution is 2.31. The number of rotatable bonds is 5. The molecule has 0 aliphatic carbocycles. The van der Waals surface area contributed by atoms with Gasteiger partial charge in [-0.2, -0.15) is 13.2 Å². The number of hydrogen-bond donors (Lipinski definition) is 0. The minimum atomic E-state index is -4.40. The van der Waals surface area contributed by atoms with Crippen LogP contribution in [0.4, 0.5) is 13.2 Å². The monoisotopic (exact) mass is 452 g/mol. The smallest absolute Gasteiger partial charge is 0.276 e. The van der Waals surface area contributed by atoms with E-state index in [9.17, 15) is 18.0 Å². The lowest BCUT2D eigenvalue weighted by Gasteiger charge is -2.11. The molecule has 2 aromatic carbocycles. The van der Waals surface area contributed by atoms with Crippen LogP contribution in [0.3, 0.4) is 0 Å². The quantitative estimate of drug-likeness (QED) is 0.379. The highest BCUT2D eigenvalue weighted by atomic mass is 35.5. The zero-order valence-electron chi connectivity index (χ0n) is 15.8. The lowest BCUT2D eigenvalue weighted by Crippen LogP contribution is -2.23. The molecule has 0 aliphatic heterocycles. The van der Waals surface area contributed by atoms with Crippen LogP contribution < -0.4 is 5.56 Å². The first-order valence-corrected chi connectivity index (χ1v) is 10.5. The highest BCUT2D eigenvalue weighted by molar-refractivity contribution is 7.98. The fourth-order valence-electron chi connectivity index (χ4n) is 3.26. The Kier molecular flexibility index (Phi) is 5.50. The van der Waals surface area contributed by atoms with Crippen LogP contribution in [-0.4, -0.2) is 19.2 Å². The van der Waals surface area contributed by atoms with Gasteiger partial charge in [0.05, 0.1) is 16.5 Å². The molecule has 0 bridgehead atoms. The molecule has 156 valence electrons. The van der Waals surface area contributed by atoms with Crippen molar-refractivity contribution in [2.24, 2.45) is 0 Å². The minimum absolute atomic E-state index is 0.183. The third kappa shape index (κ3) is 3.79. The number of nitrogens with zero attached hydrogens (tertiary/aromatic N) is 4. The second kappa shape index (κ2) is 7.96. The summed E-state index contributed by atoms with van der Waals surface area (Å²) in [7, 11) is 0. The predicted molar refractivity (Wildman–Crippen MR) is 111 cm³/mol. The first-order valence-electron chi connectivity index (χ1n) is 9.15. The largest absolute Gasteiger partial charge is 0.416 e. The Labute approximate surface area is 178 Å². The summed E-state index contributed by atoms with van der Waals surface area (Å²) in [4.78, 5) is 12.9. The average molecular weight is 453 g/mol. The van der Waals surface area contributed by atoms with Crippen molar-refractivity contribution in [2.45, 2.75) is 37.0 Å². The number of benzene rings is 2. The molecular weight excluding hydrogens is 437 g/mol. The maximum absolute atomic E-state index is 13.0. The molecule has 4 rings (SSSR count). The van der Waals surface area contributed by atoms with Gasteiger partial charge in [-0.05, 0) is 36.2 Å². The Morgan fingerprint density at radius 1 is 1.13 bits per heavy atom. The van der Waals surface area contributed by atoms with E-state index in [0.29, 0.717) is 39.0 Å². The van der Waals surface area contributed by atoms with Gasteiger partial charge in [-0.3, -0.25) is 13.8 Å². The number of halogens is 4. The summed E-state index contributed by atoms with van der Waals surface area (Å²) in [6.45, 7) is 2.42. The van der Waals surface area contributed by atoms with Gasteiger partial charge >= 0.3 is 6.18 Å². The summed E-state index contributed by atoms with van der Waals surface area (Å²) in [6.07, 6.45) is -3.67. The summed E-state index contributed by atoms with van der Waals surface area (Å²) in [5, 5.41) is 9.78. The van der Waals surface area contributed by atoms with Crippen LogP contribution in [-0.2, 0) is 18.5 Å². The lowest BCUT2D eigenvalue weighted by atomic mass is 10.1. The van der Waals surface area contributed by atoms with Gasteiger partial charge in [0.25, 0.3) is 5.56 Å². The van der Waals surface area contributed by atoms with E-state index < -0.39 is 11.7 Å². The number of thioether (sulfide) groups is 1. The Hall–Kier alpha value is -2.52. The van der Waals surface area contributed by atoms with E-state index in [1.807, 2.05) is 6.92 Å². The number of hydrogen-bond acceptors (Lipinski definition) is 4. The van der Waals surface area contributed by atoms with Crippen molar-refractivity contribution in [1.82, 2.24) is 19.2 Å². The second-order valence-corrected chi connectivity index (χ2v) is 8.10. The summed E-state index contributed by atoms with van der Waals surface area (Å²) in [5.74, 6) is 0.641. The summed E-state index contributed by atoms with van der Waals surface area (Å²) < 4.78 is 42.2. The van der Waals surface area contributed by atoms with Gasteiger partial charge in [-0.25, -0.2) is 0 Å². The molecule has 30 heavy (non-hydrogen) atoms. The number of alkyl halides is 3. The van der Waals surface area contributed by atoms with E-state index >= 15 is 0 Å². The molecule has 0 fully saturated rings. The van der Waals surface area contributed by atoms with Crippen LogP contribution in [0.5, 0.6) is 0 Å². The van der Waals surface area contributed by atoms with E-state index in [1.165, 1.54) is 17.8 Å². The summed E-state index contributed by atoms with van der Waals surface area (Å²) >= 11 is 7.39. The van der Waals surface area contributed by atoms with Gasteiger partial charge < -0.3 is 0 Å². The van der Waals surface area contributed by atoms with E-state index in [-0.39, 0.29) is 11.3 Å². The van der Waals surface area contributed by atoms with Crippen molar-refractivity contribution in [1.29, 1.82) is 0 Å². The molecule has 0 saturated carbocycles. The number of fused-ring (bicyclic) bond motifs is 3. The lowest BCUT2D eigenvalue weighted by molar-refractivity contribution is -0.137. The molecule has 0 aliphatic rings. The van der Waals surface area contributed by atoms with Crippen LogP contribution in [0, 0.1) is 0 Å². The minimum Gasteiger partial charge on any atom is -0.276 e. The Balaban J connectivity index is 1.80. The van der Waals surface area contributed by atoms with Crippen molar-refractivity contribution in [3.63, 3.8) is 0 Å². The van der Waals surface area contributed by atoms with Crippen molar-refractivity contribution >= 4 is 40.0 Å². The van der Waals surface area contributed by atoms with E-state index in [2.05, 4.69) is 10.2 Å². The van der Waals surface area contributed by atoms with Crippen LogP contribution in [0.15, 0.2) is 52.4 Å². The molecule has 0 saturated heterocycles. The van der Waals surface area contributed by atoms with Crippen LogP contribution in [0.1, 0.15) is 24.5 Å². The van der Waals surface area contributed by atoms with Crippen molar-refractivity contribution in [3.8, 4) is 0 Å². The molecule has 2 aromatic heterocycles. The van der Waals surface area contributed by atoms with Crippen molar-refractivity contribution in [3.05, 3.63) is 69.0 Å². The van der Waals surface area contributed by atoms with E-state index in [1.54, 1.807) is 33.2 Å². The normalized spacial score (nSPS) is 12.2. The molecule has 10 heteroatoms. The van der Waals surface area contributed by atoms with Crippen LogP contribution >= 0.6 is 23.4 Å². The van der Waals surface area contributed by atoms with Crippen LogP contribution in [0.25, 0.3) is 16.7 Å². The summed E-state index contributed by atoms with van der Waals surface area (Å²) in [5.41, 5.74) is 0.195. The molecule has 0 amide bonds. The maximum Gasteiger partial charge on any atom is 0.416 e. The van der Waals surface area contributed by atoms with Gasteiger partial charge in [0.2, 0.25) is 5.78 Å². The fraction of sp³-hybridized carbons (Fsp3) is 0.250.